The number of aliphatic carboxylic acids is 2. The highest BCUT2D eigenvalue weighted by Crippen LogP contribution is 2.28. The van der Waals surface area contributed by atoms with Gasteiger partial charge in [0.25, 0.3) is 0 Å². The number of nitrogens with one attached hydrogen (secondary N) is 3. The fourth-order valence-corrected chi connectivity index (χ4v) is 7.00. The second-order valence-electron chi connectivity index (χ2n) is 15.2. The highest BCUT2D eigenvalue weighted by molar-refractivity contribution is 5.88. The van der Waals surface area contributed by atoms with Crippen LogP contribution in [0.2, 0.25) is 0 Å². The fourth-order valence-electron chi connectivity index (χ4n) is 7.00. The van der Waals surface area contributed by atoms with Crippen molar-refractivity contribution in [2.45, 2.75) is 77.4 Å². The summed E-state index contributed by atoms with van der Waals surface area (Å²) < 4.78 is 19.0. The minimum atomic E-state index is -1.24. The number of nitrogen functional groups attached to an aromatic ring is 1. The molecule has 3 amide bonds. The van der Waals surface area contributed by atoms with Crippen molar-refractivity contribution < 1.29 is 48.4 Å². The fraction of sp³-hybridized carbons (Fsp3) is 0.595. The molecule has 62 heavy (non-hydrogen) atoms. The van der Waals surface area contributed by atoms with Gasteiger partial charge in [-0.3, -0.25) is 28.9 Å². The first-order valence-electron chi connectivity index (χ1n) is 21.3. The van der Waals surface area contributed by atoms with E-state index < -0.39 is 29.8 Å². The molecule has 0 radical (unpaired) electrons. The second-order valence-corrected chi connectivity index (χ2v) is 15.2. The summed E-state index contributed by atoms with van der Waals surface area (Å²) in [6, 6.07) is 7.05. The zero-order valence-electron chi connectivity index (χ0n) is 35.9. The van der Waals surface area contributed by atoms with Crippen LogP contribution in [-0.4, -0.2) is 150 Å². The van der Waals surface area contributed by atoms with Gasteiger partial charge in [0.2, 0.25) is 23.7 Å². The molecular weight excluding hydrogens is 805 g/mol. The van der Waals surface area contributed by atoms with E-state index in [9.17, 15) is 29.1 Å². The van der Waals surface area contributed by atoms with Crippen molar-refractivity contribution in [1.82, 2.24) is 35.0 Å². The van der Waals surface area contributed by atoms with Crippen molar-refractivity contribution >= 4 is 52.5 Å². The van der Waals surface area contributed by atoms with E-state index in [0.29, 0.717) is 26.2 Å². The largest absolute Gasteiger partial charge is 0.496 e. The van der Waals surface area contributed by atoms with Crippen LogP contribution in [0.5, 0.6) is 5.75 Å². The van der Waals surface area contributed by atoms with Crippen molar-refractivity contribution in [2.24, 2.45) is 11.7 Å². The summed E-state index contributed by atoms with van der Waals surface area (Å²) in [5.41, 5.74) is 15.3. The van der Waals surface area contributed by atoms with E-state index in [1.165, 1.54) is 0 Å². The van der Waals surface area contributed by atoms with E-state index in [-0.39, 0.29) is 82.8 Å². The van der Waals surface area contributed by atoms with Gasteiger partial charge in [0, 0.05) is 77.0 Å². The molecule has 0 saturated carbocycles. The molecule has 3 heterocycles. The molecule has 20 heteroatoms. The van der Waals surface area contributed by atoms with Crippen molar-refractivity contribution in [3.63, 3.8) is 0 Å². The first kappa shape index (κ1) is 49.1. The van der Waals surface area contributed by atoms with Crippen molar-refractivity contribution in [2.75, 3.05) is 90.4 Å². The molecular formula is C42H64N10O10. The predicted octanol–water partition coefficient (Wildman–Crippen LogP) is 1.65. The second kappa shape index (κ2) is 26.0. The molecule has 0 spiro atoms. The van der Waals surface area contributed by atoms with Crippen LogP contribution in [0, 0.1) is 5.92 Å². The van der Waals surface area contributed by atoms with Gasteiger partial charge in [0.15, 0.2) is 5.82 Å². The van der Waals surface area contributed by atoms with Crippen LogP contribution in [0.1, 0.15) is 69.4 Å². The molecule has 1 aliphatic heterocycles. The predicted molar refractivity (Wildman–Crippen MR) is 231 cm³/mol. The third-order valence-corrected chi connectivity index (χ3v) is 10.5. The van der Waals surface area contributed by atoms with E-state index in [1.54, 1.807) is 7.11 Å². The molecule has 1 aromatic carbocycles. The molecule has 2 atom stereocenters. The normalized spacial score (nSPS) is 14.0. The Hall–Kier alpha value is -5.57. The number of carboxylic acid groups (broad SMARTS) is 2. The van der Waals surface area contributed by atoms with E-state index in [0.717, 1.165) is 79.2 Å². The number of ether oxygens (including phenoxy) is 3. The molecule has 20 nitrogen and oxygen atoms in total. The van der Waals surface area contributed by atoms with Gasteiger partial charge in [-0.2, -0.15) is 4.98 Å². The summed E-state index contributed by atoms with van der Waals surface area (Å²) in [6.45, 7) is 8.44. The average molecular weight is 869 g/mol. The number of hydrogen-bond acceptors (Lipinski definition) is 14. The number of unbranched alkanes of at least 4 members (excludes halogenated alkanes) is 2. The maximum Gasteiger partial charge on any atom is 0.320 e. The molecule has 3 aromatic rings. The third-order valence-electron chi connectivity index (χ3n) is 10.5. The number of nitrogens with zero attached hydrogens (tertiary/aromatic N) is 5. The number of rotatable bonds is 29. The van der Waals surface area contributed by atoms with Gasteiger partial charge in [-0.25, -0.2) is 4.98 Å². The van der Waals surface area contributed by atoms with Crippen molar-refractivity contribution in [3.05, 3.63) is 41.6 Å². The van der Waals surface area contributed by atoms with Gasteiger partial charge >= 0.3 is 11.9 Å². The number of amides is 3. The van der Waals surface area contributed by atoms with Crippen molar-refractivity contribution in [1.29, 1.82) is 0 Å². The highest BCUT2D eigenvalue weighted by atomic mass is 16.5. The lowest BCUT2D eigenvalue weighted by Gasteiger charge is -2.35. The molecule has 0 bridgehead atoms. The number of piperazine rings is 1. The Kier molecular flexibility index (Phi) is 20.6. The van der Waals surface area contributed by atoms with Crippen LogP contribution in [0.25, 0.3) is 11.0 Å². The smallest absolute Gasteiger partial charge is 0.320 e. The first-order valence-corrected chi connectivity index (χ1v) is 21.3. The summed E-state index contributed by atoms with van der Waals surface area (Å²) in [5, 5.41) is 26.8. The molecule has 0 aliphatic carbocycles. The average Bonchev–Trinajstić information content (AvgIpc) is 3.65. The molecule has 2 aromatic heterocycles. The van der Waals surface area contributed by atoms with Crippen LogP contribution >= 0.6 is 0 Å². The number of carbonyl (C=O) groups is 5. The number of carbonyl (C=O) groups excluding carboxylic acids is 3. The number of benzene rings is 1. The molecule has 0 unspecified atom stereocenters. The minimum absolute atomic E-state index is 0.0107. The van der Waals surface area contributed by atoms with Crippen LogP contribution in [0.15, 0.2) is 30.5 Å². The molecule has 1 saturated heterocycles. The molecule has 4 rings (SSSR count). The van der Waals surface area contributed by atoms with Gasteiger partial charge < -0.3 is 61.3 Å². The number of hydrogen-bond donors (Lipinski definition) is 7. The van der Waals surface area contributed by atoms with Gasteiger partial charge in [-0.1, -0.05) is 31.9 Å². The van der Waals surface area contributed by atoms with Crippen LogP contribution in [0.4, 0.5) is 11.8 Å². The zero-order valence-corrected chi connectivity index (χ0v) is 35.9. The number of carboxylic acids is 2. The Morgan fingerprint density at radius 2 is 1.58 bits per heavy atom. The SMILES string of the molecule is CCCCCNc1nc(N)nc2ccn(Cc3ccc(CN4CCN(C(=O)CCOCCOCCNC(=O)CCNC(=O)C[C@H](CC[C@H](N)C(=O)O)C(=O)O)CC4)cc3OC)c12. The van der Waals surface area contributed by atoms with Crippen LogP contribution < -0.4 is 32.2 Å². The van der Waals surface area contributed by atoms with Crippen LogP contribution in [0.3, 0.4) is 0 Å². The lowest BCUT2D eigenvalue weighted by Crippen LogP contribution is -2.48. The van der Waals surface area contributed by atoms with Gasteiger partial charge in [0.1, 0.15) is 17.3 Å². The number of aromatic nitrogens is 3. The van der Waals surface area contributed by atoms with Gasteiger partial charge in [-0.15, -0.1) is 0 Å². The molecule has 1 aliphatic rings. The third kappa shape index (κ3) is 16.4. The quantitative estimate of drug-likeness (QED) is 0.0489. The molecule has 9 N–H and O–H groups in total. The zero-order chi connectivity index (χ0) is 44.9. The summed E-state index contributed by atoms with van der Waals surface area (Å²) in [4.78, 5) is 72.4. The topological polar surface area (TPSA) is 279 Å². The van der Waals surface area contributed by atoms with Gasteiger partial charge in [0.05, 0.1) is 57.9 Å². The standard InChI is InChI=1S/C42H64N10O10/c1-3-4-5-13-47-39-38-33(48-42(44)49-39)11-16-52(38)28-31-7-6-29(25-34(31)60-2)27-50-17-19-51(20-18-50)37(55)12-21-61-23-24-62-22-15-46-35(53)10-14-45-36(54)26-30(40(56)57)8-9-32(43)41(58)59/h6-7,11,16,25,30,32H,3-5,8-10,12-15,17-24,26-28,43H2,1-2H3,(H,45,54)(H,46,53)(H,56,57)(H,58,59)(H3,44,47,48,49)/t30-,32-/m0/s1. The Bertz CT molecular complexity index is 1920. The maximum atomic E-state index is 12.9. The summed E-state index contributed by atoms with van der Waals surface area (Å²) >= 11 is 0. The Morgan fingerprint density at radius 1 is 0.839 bits per heavy atom. The number of anilines is 2. The van der Waals surface area contributed by atoms with Crippen molar-refractivity contribution in [3.8, 4) is 5.75 Å². The molecule has 342 valence electrons. The van der Waals surface area contributed by atoms with Gasteiger partial charge in [-0.05, 0) is 37.0 Å². The van der Waals surface area contributed by atoms with Crippen LogP contribution in [-0.2, 0) is 46.5 Å². The highest BCUT2D eigenvalue weighted by Gasteiger charge is 2.24. The number of nitrogens with two attached hydrogens (primary N) is 2. The number of methoxy groups -OCH3 is 1. The maximum absolute atomic E-state index is 12.9. The lowest BCUT2D eigenvalue weighted by molar-refractivity contribution is -0.145. The Balaban J connectivity index is 1.05. The van der Waals surface area contributed by atoms with E-state index in [2.05, 4.69) is 60.5 Å². The summed E-state index contributed by atoms with van der Waals surface area (Å²) in [7, 11) is 1.68. The number of fused-ring (bicyclic) bond motifs is 1. The lowest BCUT2D eigenvalue weighted by atomic mass is 9.96. The monoisotopic (exact) mass is 868 g/mol. The Morgan fingerprint density at radius 3 is 2.29 bits per heavy atom. The first-order chi connectivity index (χ1) is 29.9. The Labute approximate surface area is 362 Å². The van der Waals surface area contributed by atoms with E-state index in [1.807, 2.05) is 17.2 Å². The summed E-state index contributed by atoms with van der Waals surface area (Å²) in [5.74, 6) is -2.60. The molecule has 1 fully saturated rings. The summed E-state index contributed by atoms with van der Waals surface area (Å²) in [6.07, 6.45) is 5.09. The minimum Gasteiger partial charge on any atom is -0.496 e. The van der Waals surface area contributed by atoms with E-state index >= 15 is 0 Å². The van der Waals surface area contributed by atoms with E-state index in [4.69, 9.17) is 30.8 Å².